The molecule has 2 heterocycles. The predicted octanol–water partition coefficient (Wildman–Crippen LogP) is 4.38. The molecule has 2 N–H and O–H groups in total. The summed E-state index contributed by atoms with van der Waals surface area (Å²) in [4.78, 5) is 16.6. The molecule has 8 nitrogen and oxygen atoms in total. The van der Waals surface area contributed by atoms with Gasteiger partial charge in [-0.2, -0.15) is 8.78 Å². The lowest BCUT2D eigenvalue weighted by molar-refractivity contribution is -0.0508. The van der Waals surface area contributed by atoms with Crippen molar-refractivity contribution in [3.63, 3.8) is 0 Å². The number of carbonyl (C=O) groups excluding carboxylic acids is 1. The number of amides is 1. The number of rotatable bonds is 9. The molecule has 1 amide bonds. The van der Waals surface area contributed by atoms with Crippen molar-refractivity contribution < 1.29 is 32.5 Å². The predicted molar refractivity (Wildman–Crippen MR) is 118 cm³/mol. The number of alkyl halides is 2. The molecular weight excluding hydrogens is 456 g/mol. The quantitative estimate of drug-likeness (QED) is 0.386. The van der Waals surface area contributed by atoms with Gasteiger partial charge in [0.2, 0.25) is 0 Å². The summed E-state index contributed by atoms with van der Waals surface area (Å²) in [5.41, 5.74) is 7.31. The molecular formula is C22H19F2N3O5S. The molecule has 0 unspecified atom stereocenters. The number of hydrogen-bond donors (Lipinski definition) is 1. The van der Waals surface area contributed by atoms with Crippen LogP contribution in [0.4, 0.5) is 8.78 Å². The Balaban J connectivity index is 1.68. The number of hydrogen-bond acceptors (Lipinski definition) is 7. The normalized spacial score (nSPS) is 11.1. The van der Waals surface area contributed by atoms with Crippen molar-refractivity contribution in [2.45, 2.75) is 13.2 Å². The van der Waals surface area contributed by atoms with Gasteiger partial charge >= 0.3 is 6.61 Å². The molecule has 0 fully saturated rings. The number of aromatic nitrogens is 2. The first-order valence-electron chi connectivity index (χ1n) is 9.60. The fraction of sp³-hybridized carbons (Fsp3) is 0.182. The van der Waals surface area contributed by atoms with Crippen LogP contribution in [0.15, 0.2) is 48.8 Å². The number of carbonyl (C=O) groups is 1. The van der Waals surface area contributed by atoms with Gasteiger partial charge in [-0.05, 0) is 6.07 Å². The highest BCUT2D eigenvalue weighted by molar-refractivity contribution is 7.16. The van der Waals surface area contributed by atoms with E-state index >= 15 is 0 Å². The highest BCUT2D eigenvalue weighted by Crippen LogP contribution is 2.37. The van der Waals surface area contributed by atoms with Gasteiger partial charge in [0.05, 0.1) is 25.3 Å². The minimum Gasteiger partial charge on any atom is -0.493 e. The molecule has 172 valence electrons. The standard InChI is InChI=1S/C22H19F2N3O5S/c1-29-16-7-13-14(8-17(16)30-2)27(11-26-13)19-9-18(20(33-19)21(25)28)31-10-12-5-3-4-6-15(12)32-22(23)24/h3-9,11,22H,10H2,1-2H3,(H2,25,28). The zero-order valence-electron chi connectivity index (χ0n) is 17.6. The van der Waals surface area contributed by atoms with Crippen LogP contribution in [0.5, 0.6) is 23.0 Å². The molecule has 0 aliphatic rings. The van der Waals surface area contributed by atoms with Crippen LogP contribution in [0, 0.1) is 0 Å². The summed E-state index contributed by atoms with van der Waals surface area (Å²) in [5.74, 6) is 0.586. The maximum atomic E-state index is 12.7. The largest absolute Gasteiger partial charge is 0.493 e. The number of nitrogens with zero attached hydrogens (tertiary/aromatic N) is 2. The van der Waals surface area contributed by atoms with Gasteiger partial charge < -0.3 is 24.7 Å². The maximum Gasteiger partial charge on any atom is 0.387 e. The number of fused-ring (bicyclic) bond motifs is 1. The van der Waals surface area contributed by atoms with Crippen LogP contribution < -0.4 is 24.7 Å². The van der Waals surface area contributed by atoms with E-state index in [1.165, 1.54) is 20.3 Å². The highest BCUT2D eigenvalue weighted by Gasteiger charge is 2.20. The fourth-order valence-corrected chi connectivity index (χ4v) is 4.20. The number of ether oxygens (including phenoxy) is 4. The van der Waals surface area contributed by atoms with E-state index in [9.17, 15) is 13.6 Å². The fourth-order valence-electron chi connectivity index (χ4n) is 3.26. The molecule has 0 spiro atoms. The van der Waals surface area contributed by atoms with E-state index in [2.05, 4.69) is 9.72 Å². The molecule has 2 aromatic heterocycles. The second kappa shape index (κ2) is 9.33. The van der Waals surface area contributed by atoms with E-state index in [-0.39, 0.29) is 23.0 Å². The Morgan fingerprint density at radius 3 is 2.52 bits per heavy atom. The van der Waals surface area contributed by atoms with Crippen LogP contribution >= 0.6 is 11.3 Å². The molecule has 4 rings (SSSR count). The van der Waals surface area contributed by atoms with Crippen LogP contribution in [-0.4, -0.2) is 36.3 Å². The van der Waals surface area contributed by atoms with Gasteiger partial charge in [0.1, 0.15) is 34.3 Å². The average molecular weight is 475 g/mol. The first-order chi connectivity index (χ1) is 15.9. The molecule has 0 bridgehead atoms. The number of nitrogens with two attached hydrogens (primary N) is 1. The minimum atomic E-state index is -2.97. The summed E-state index contributed by atoms with van der Waals surface area (Å²) in [7, 11) is 3.06. The lowest BCUT2D eigenvalue weighted by atomic mass is 10.2. The zero-order chi connectivity index (χ0) is 23.5. The summed E-state index contributed by atoms with van der Waals surface area (Å²) in [6, 6.07) is 11.4. The number of methoxy groups -OCH3 is 2. The van der Waals surface area contributed by atoms with Crippen LogP contribution in [0.3, 0.4) is 0 Å². The van der Waals surface area contributed by atoms with Gasteiger partial charge in [-0.15, -0.1) is 11.3 Å². The van der Waals surface area contributed by atoms with Gasteiger partial charge in [0, 0.05) is 23.8 Å². The SMILES string of the molecule is COc1cc2ncn(-c3cc(OCc4ccccc4OC(F)F)c(C(N)=O)s3)c2cc1OC. The van der Waals surface area contributed by atoms with Crippen molar-refractivity contribution in [2.24, 2.45) is 5.73 Å². The molecule has 0 aliphatic carbocycles. The molecule has 11 heteroatoms. The van der Waals surface area contributed by atoms with Gasteiger partial charge in [-0.1, -0.05) is 18.2 Å². The van der Waals surface area contributed by atoms with E-state index in [0.29, 0.717) is 33.1 Å². The van der Waals surface area contributed by atoms with E-state index in [4.69, 9.17) is 19.9 Å². The second-order valence-corrected chi connectivity index (χ2v) is 7.76. The Morgan fingerprint density at radius 2 is 1.82 bits per heavy atom. The molecule has 0 radical (unpaired) electrons. The van der Waals surface area contributed by atoms with Crippen molar-refractivity contribution >= 4 is 28.3 Å². The molecule has 33 heavy (non-hydrogen) atoms. The molecule has 0 saturated heterocycles. The summed E-state index contributed by atoms with van der Waals surface area (Å²) >= 11 is 1.11. The first kappa shape index (κ1) is 22.3. The highest BCUT2D eigenvalue weighted by atomic mass is 32.1. The van der Waals surface area contributed by atoms with Gasteiger partial charge in [0.25, 0.3) is 5.91 Å². The van der Waals surface area contributed by atoms with Crippen LogP contribution in [0.1, 0.15) is 15.2 Å². The third kappa shape index (κ3) is 4.53. The number of thiophene rings is 1. The maximum absolute atomic E-state index is 12.7. The minimum absolute atomic E-state index is 0.00905. The summed E-state index contributed by atoms with van der Waals surface area (Å²) < 4.78 is 48.1. The van der Waals surface area contributed by atoms with E-state index in [1.807, 2.05) is 0 Å². The number of para-hydroxylation sites is 1. The van der Waals surface area contributed by atoms with E-state index < -0.39 is 12.5 Å². The Bertz CT molecular complexity index is 1300. The van der Waals surface area contributed by atoms with E-state index in [0.717, 1.165) is 11.3 Å². The number of imidazole rings is 1. The van der Waals surface area contributed by atoms with Crippen molar-refractivity contribution in [3.8, 4) is 28.0 Å². The third-order valence-corrected chi connectivity index (χ3v) is 5.90. The number of benzene rings is 2. The summed E-state index contributed by atoms with van der Waals surface area (Å²) in [6.07, 6.45) is 1.59. The monoisotopic (exact) mass is 475 g/mol. The Hall–Kier alpha value is -3.86. The molecule has 0 aliphatic heterocycles. The van der Waals surface area contributed by atoms with Crippen LogP contribution in [0.25, 0.3) is 16.0 Å². The second-order valence-electron chi connectivity index (χ2n) is 6.73. The number of primary amides is 1. The zero-order valence-corrected chi connectivity index (χ0v) is 18.4. The Kier molecular flexibility index (Phi) is 6.31. The van der Waals surface area contributed by atoms with Crippen molar-refractivity contribution in [1.29, 1.82) is 0 Å². The average Bonchev–Trinajstić information content (AvgIpc) is 3.40. The Morgan fingerprint density at radius 1 is 1.09 bits per heavy atom. The van der Waals surface area contributed by atoms with Crippen molar-refractivity contribution in [1.82, 2.24) is 9.55 Å². The molecule has 0 saturated carbocycles. The first-order valence-corrected chi connectivity index (χ1v) is 10.4. The lowest BCUT2D eigenvalue weighted by Crippen LogP contribution is -2.11. The topological polar surface area (TPSA) is 97.8 Å². The molecule has 4 aromatic rings. The smallest absolute Gasteiger partial charge is 0.387 e. The number of halogens is 2. The van der Waals surface area contributed by atoms with Gasteiger partial charge in [-0.25, -0.2) is 4.98 Å². The van der Waals surface area contributed by atoms with Crippen molar-refractivity contribution in [3.05, 3.63) is 59.2 Å². The summed E-state index contributed by atoms with van der Waals surface area (Å²) in [5, 5.41) is 0.616. The Labute approximate surface area is 191 Å². The van der Waals surface area contributed by atoms with Crippen molar-refractivity contribution in [2.75, 3.05) is 14.2 Å². The third-order valence-electron chi connectivity index (χ3n) is 4.77. The molecule has 0 atom stereocenters. The lowest BCUT2D eigenvalue weighted by Gasteiger charge is -2.11. The summed E-state index contributed by atoms with van der Waals surface area (Å²) in [6.45, 7) is -3.07. The van der Waals surface area contributed by atoms with E-state index in [1.54, 1.807) is 47.3 Å². The van der Waals surface area contributed by atoms with Gasteiger partial charge in [0.15, 0.2) is 11.5 Å². The molecule has 2 aromatic carbocycles. The van der Waals surface area contributed by atoms with Crippen LogP contribution in [-0.2, 0) is 6.61 Å². The van der Waals surface area contributed by atoms with Crippen LogP contribution in [0.2, 0.25) is 0 Å². The van der Waals surface area contributed by atoms with Gasteiger partial charge in [-0.3, -0.25) is 9.36 Å².